The van der Waals surface area contributed by atoms with Gasteiger partial charge in [0, 0.05) is 17.5 Å². The van der Waals surface area contributed by atoms with Gasteiger partial charge in [0.25, 0.3) is 5.91 Å². The molecule has 0 aliphatic heterocycles. The Labute approximate surface area is 239 Å². The number of carbonyl (C=O) groups excluding carboxylic acids is 3. The molecule has 0 fully saturated rings. The van der Waals surface area contributed by atoms with Gasteiger partial charge in [0.2, 0.25) is 11.8 Å². The van der Waals surface area contributed by atoms with Crippen LogP contribution in [0.3, 0.4) is 0 Å². The lowest BCUT2D eigenvalue weighted by molar-refractivity contribution is -0.137. The Bertz CT molecular complexity index is 1240. The lowest BCUT2D eigenvalue weighted by atomic mass is 9.80. The van der Waals surface area contributed by atoms with E-state index >= 15 is 0 Å². The monoisotopic (exact) mass is 541 g/mol. The molecule has 0 aromatic heterocycles. The average molecular weight is 542 g/mol. The predicted octanol–water partition coefficient (Wildman–Crippen LogP) is 5.70. The Balaban J connectivity index is 2.23. The maximum absolute atomic E-state index is 14.5. The minimum Gasteiger partial charge on any atom is -0.368 e. The lowest BCUT2D eigenvalue weighted by Gasteiger charge is -2.46. The predicted molar refractivity (Wildman–Crippen MR) is 161 cm³/mol. The first-order valence-electron chi connectivity index (χ1n) is 14.2. The molecule has 0 saturated carbocycles. The minimum atomic E-state index is -1.42. The van der Waals surface area contributed by atoms with Crippen molar-refractivity contribution in [3.8, 4) is 0 Å². The van der Waals surface area contributed by atoms with E-state index in [1.807, 2.05) is 94.4 Å². The van der Waals surface area contributed by atoms with Crippen LogP contribution in [0.2, 0.25) is 0 Å². The molecule has 2 unspecified atom stereocenters. The van der Waals surface area contributed by atoms with Gasteiger partial charge in [0.15, 0.2) is 0 Å². The van der Waals surface area contributed by atoms with Crippen molar-refractivity contribution in [3.05, 3.63) is 108 Å². The van der Waals surface area contributed by atoms with E-state index in [0.29, 0.717) is 31.2 Å². The number of nitrogens with one attached hydrogen (secondary N) is 1. The van der Waals surface area contributed by atoms with E-state index < -0.39 is 23.0 Å². The maximum atomic E-state index is 14.5. The first kappa shape index (κ1) is 30.6. The van der Waals surface area contributed by atoms with Crippen LogP contribution < -0.4 is 11.1 Å². The van der Waals surface area contributed by atoms with Crippen LogP contribution >= 0.6 is 0 Å². The fraction of sp³-hybridized carbons (Fsp3) is 0.382. The first-order chi connectivity index (χ1) is 19.1. The molecule has 6 heteroatoms. The number of nitrogens with zero attached hydrogens (tertiary/aromatic N) is 1. The number of unbranched alkanes of at least 4 members (excludes halogenated alkanes) is 1. The first-order valence-corrected chi connectivity index (χ1v) is 14.2. The number of benzene rings is 3. The van der Waals surface area contributed by atoms with Crippen LogP contribution in [0.4, 0.5) is 0 Å². The van der Waals surface area contributed by atoms with Crippen LogP contribution in [0, 0.1) is 0 Å². The number of carbonyl (C=O) groups is 3. The second-order valence-electron chi connectivity index (χ2n) is 11.5. The molecule has 212 valence electrons. The second-order valence-corrected chi connectivity index (χ2v) is 11.5. The highest BCUT2D eigenvalue weighted by molar-refractivity contribution is 6.02. The van der Waals surface area contributed by atoms with E-state index in [1.54, 1.807) is 24.3 Å². The van der Waals surface area contributed by atoms with Crippen molar-refractivity contribution in [2.75, 3.05) is 0 Å². The van der Waals surface area contributed by atoms with Gasteiger partial charge < -0.3 is 16.0 Å². The normalized spacial score (nSPS) is 13.6. The molecule has 0 saturated heterocycles. The third-order valence-electron chi connectivity index (χ3n) is 7.10. The molecule has 3 rings (SSSR count). The molecule has 0 aliphatic carbocycles. The largest absolute Gasteiger partial charge is 0.368 e. The van der Waals surface area contributed by atoms with Gasteiger partial charge in [-0.1, -0.05) is 98.6 Å². The summed E-state index contributed by atoms with van der Waals surface area (Å²) in [6.07, 6.45) is 2.92. The molecule has 3 aromatic carbocycles. The van der Waals surface area contributed by atoms with Crippen molar-refractivity contribution in [1.29, 1.82) is 0 Å². The van der Waals surface area contributed by atoms with Gasteiger partial charge in [0.1, 0.15) is 11.6 Å². The van der Waals surface area contributed by atoms with Crippen LogP contribution in [-0.2, 0) is 22.4 Å². The molecule has 0 aliphatic rings. The topological polar surface area (TPSA) is 92.5 Å². The summed E-state index contributed by atoms with van der Waals surface area (Å²) in [5, 5.41) is 3.09. The van der Waals surface area contributed by atoms with E-state index in [4.69, 9.17) is 5.73 Å². The van der Waals surface area contributed by atoms with Crippen molar-refractivity contribution in [2.24, 2.45) is 5.73 Å². The quantitative estimate of drug-likeness (QED) is 0.291. The van der Waals surface area contributed by atoms with Gasteiger partial charge in [-0.15, -0.1) is 0 Å². The zero-order chi connectivity index (χ0) is 29.2. The Morgan fingerprint density at radius 1 is 0.825 bits per heavy atom. The summed E-state index contributed by atoms with van der Waals surface area (Å²) in [7, 11) is 0. The zero-order valence-corrected chi connectivity index (χ0v) is 24.2. The molecule has 3 amide bonds. The van der Waals surface area contributed by atoms with Crippen molar-refractivity contribution >= 4 is 17.7 Å². The van der Waals surface area contributed by atoms with Gasteiger partial charge in [-0.3, -0.25) is 14.4 Å². The summed E-state index contributed by atoms with van der Waals surface area (Å²) < 4.78 is 0. The van der Waals surface area contributed by atoms with Gasteiger partial charge in [0.05, 0.1) is 0 Å². The van der Waals surface area contributed by atoms with Crippen molar-refractivity contribution in [1.82, 2.24) is 10.2 Å². The summed E-state index contributed by atoms with van der Waals surface area (Å²) in [6, 6.07) is 27.4. The Morgan fingerprint density at radius 3 is 1.85 bits per heavy atom. The number of amides is 3. The third-order valence-corrected chi connectivity index (χ3v) is 7.10. The fourth-order valence-corrected chi connectivity index (χ4v) is 5.16. The van der Waals surface area contributed by atoms with Gasteiger partial charge in [-0.25, -0.2) is 0 Å². The summed E-state index contributed by atoms with van der Waals surface area (Å²) >= 11 is 0. The van der Waals surface area contributed by atoms with Gasteiger partial charge >= 0.3 is 0 Å². The molecule has 6 nitrogen and oxygen atoms in total. The second kappa shape index (κ2) is 13.9. The van der Waals surface area contributed by atoms with Crippen molar-refractivity contribution in [2.45, 2.75) is 83.3 Å². The van der Waals surface area contributed by atoms with Crippen LogP contribution in [0.5, 0.6) is 0 Å². The number of hydrogen-bond donors (Lipinski definition) is 2. The molecule has 2 atom stereocenters. The highest BCUT2D eigenvalue weighted by Gasteiger charge is 2.50. The minimum absolute atomic E-state index is 0.215. The Morgan fingerprint density at radius 2 is 1.35 bits per heavy atom. The molecule has 0 spiro atoms. The highest BCUT2D eigenvalue weighted by Crippen LogP contribution is 2.33. The average Bonchev–Trinajstić information content (AvgIpc) is 2.93. The lowest BCUT2D eigenvalue weighted by Crippen LogP contribution is -2.67. The summed E-state index contributed by atoms with van der Waals surface area (Å²) in [5.74, 6) is -1.29. The van der Waals surface area contributed by atoms with Gasteiger partial charge in [-0.05, 0) is 63.3 Å². The number of hydrogen-bond acceptors (Lipinski definition) is 3. The van der Waals surface area contributed by atoms with Crippen LogP contribution in [-0.4, -0.2) is 39.7 Å². The zero-order valence-electron chi connectivity index (χ0n) is 24.2. The Hall–Kier alpha value is -3.93. The summed E-state index contributed by atoms with van der Waals surface area (Å²) in [5.41, 5.74) is 6.66. The highest BCUT2D eigenvalue weighted by atomic mass is 16.2. The Kier molecular flexibility index (Phi) is 10.7. The van der Waals surface area contributed by atoms with E-state index in [9.17, 15) is 14.4 Å². The number of aryl methyl sites for hydroxylation is 1. The standard InChI is InChI=1S/C34H43N3O3/c1-5-6-24-34(32(35)40,25-27-18-12-8-13-19-27)37(31(39)28-20-14-9-15-21-28)29(30(38)36-33(2,3)4)23-22-26-16-10-7-11-17-26/h7-21,29H,5-6,22-25H2,1-4H3,(H2,35,40)(H,36,38). The third kappa shape index (κ3) is 8.04. The molecular weight excluding hydrogens is 498 g/mol. The van der Waals surface area contributed by atoms with Crippen molar-refractivity contribution < 1.29 is 14.4 Å². The molecule has 40 heavy (non-hydrogen) atoms. The van der Waals surface area contributed by atoms with Crippen LogP contribution in [0.25, 0.3) is 0 Å². The smallest absolute Gasteiger partial charge is 0.255 e. The molecular formula is C34H43N3O3. The maximum Gasteiger partial charge on any atom is 0.255 e. The van der Waals surface area contributed by atoms with E-state index in [1.165, 1.54) is 4.90 Å². The molecule has 3 aromatic rings. The van der Waals surface area contributed by atoms with E-state index in [-0.39, 0.29) is 18.2 Å². The fourth-order valence-electron chi connectivity index (χ4n) is 5.16. The summed E-state index contributed by atoms with van der Waals surface area (Å²) in [6.45, 7) is 7.76. The molecule has 0 bridgehead atoms. The number of primary amides is 1. The van der Waals surface area contributed by atoms with E-state index in [2.05, 4.69) is 5.32 Å². The van der Waals surface area contributed by atoms with Gasteiger partial charge in [-0.2, -0.15) is 0 Å². The van der Waals surface area contributed by atoms with Crippen LogP contribution in [0.15, 0.2) is 91.0 Å². The summed E-state index contributed by atoms with van der Waals surface area (Å²) in [4.78, 5) is 43.8. The number of rotatable bonds is 13. The van der Waals surface area contributed by atoms with Crippen molar-refractivity contribution in [3.63, 3.8) is 0 Å². The molecule has 0 heterocycles. The SMILES string of the molecule is CCCCC(Cc1ccccc1)(C(N)=O)N(C(=O)c1ccccc1)C(CCc1ccccc1)C(=O)NC(C)(C)C. The number of nitrogens with two attached hydrogens (primary N) is 1. The molecule has 3 N–H and O–H groups in total. The molecule has 0 radical (unpaired) electrons. The van der Waals surface area contributed by atoms with Crippen LogP contribution in [0.1, 0.15) is 74.9 Å². The van der Waals surface area contributed by atoms with E-state index in [0.717, 1.165) is 17.5 Å².